The number of hydrogen-bond donors (Lipinski definition) is 0. The Morgan fingerprint density at radius 3 is 2.69 bits per heavy atom. The zero-order valence-corrected chi connectivity index (χ0v) is 16.9. The summed E-state index contributed by atoms with van der Waals surface area (Å²) in [5.74, 6) is 0.582. The molecular weight excluding hydrogens is 426 g/mol. The predicted molar refractivity (Wildman–Crippen MR) is 98.2 cm³/mol. The predicted octanol–water partition coefficient (Wildman–Crippen LogP) is 3.19. The molecule has 1 aromatic heterocycles. The summed E-state index contributed by atoms with van der Waals surface area (Å²) in [5.41, 5.74) is 0. The first-order chi connectivity index (χ1) is 12.3. The summed E-state index contributed by atoms with van der Waals surface area (Å²) in [6.45, 7) is 0.270. The van der Waals surface area contributed by atoms with Crippen LogP contribution < -0.4 is 4.74 Å². The van der Waals surface area contributed by atoms with E-state index >= 15 is 0 Å². The molecule has 7 nitrogen and oxygen atoms in total. The van der Waals surface area contributed by atoms with E-state index in [0.29, 0.717) is 13.0 Å². The number of rotatable bonds is 9. The quantitative estimate of drug-likeness (QED) is 0.435. The minimum absolute atomic E-state index is 0.117. The van der Waals surface area contributed by atoms with Crippen LogP contribution in [-0.4, -0.2) is 39.4 Å². The third-order valence-corrected chi connectivity index (χ3v) is 5.52. The number of sulfonamides is 1. The Hall–Kier alpha value is -1.84. The first-order valence-electron chi connectivity index (χ1n) is 7.84. The van der Waals surface area contributed by atoms with Crippen molar-refractivity contribution in [2.45, 2.75) is 24.5 Å². The Morgan fingerprint density at radius 2 is 2.00 bits per heavy atom. The lowest BCUT2D eigenvalue weighted by Gasteiger charge is -2.08. The van der Waals surface area contributed by atoms with Gasteiger partial charge in [0, 0.05) is 25.0 Å². The van der Waals surface area contributed by atoms with E-state index in [1.807, 2.05) is 24.3 Å². The molecule has 0 saturated carbocycles. The molecule has 0 radical (unpaired) electrons. The molecule has 2 aromatic rings. The van der Waals surface area contributed by atoms with Crippen LogP contribution in [0.5, 0.6) is 5.75 Å². The maximum Gasteiger partial charge on any atom is 0.306 e. The van der Waals surface area contributed by atoms with Gasteiger partial charge >= 0.3 is 5.97 Å². The van der Waals surface area contributed by atoms with Crippen molar-refractivity contribution in [3.8, 4) is 5.75 Å². The fourth-order valence-corrected chi connectivity index (χ4v) is 3.13. The molecular formula is C17H20BrNO6S. The van der Waals surface area contributed by atoms with Crippen molar-refractivity contribution in [3.05, 3.63) is 46.6 Å². The fraction of sp³-hybridized carbons (Fsp3) is 0.353. The molecule has 9 heteroatoms. The largest absolute Gasteiger partial charge is 0.494 e. The van der Waals surface area contributed by atoms with Gasteiger partial charge in [0.15, 0.2) is 0 Å². The normalized spacial score (nSPS) is 11.5. The molecule has 0 amide bonds. The van der Waals surface area contributed by atoms with E-state index in [2.05, 4.69) is 15.9 Å². The zero-order valence-electron chi connectivity index (χ0n) is 14.5. The van der Waals surface area contributed by atoms with Crippen LogP contribution in [0.15, 0.2) is 50.4 Å². The van der Waals surface area contributed by atoms with Crippen LogP contribution in [0.4, 0.5) is 0 Å². The van der Waals surface area contributed by atoms with Crippen LogP contribution in [0.2, 0.25) is 0 Å². The van der Waals surface area contributed by atoms with Gasteiger partial charge in [0.25, 0.3) is 10.0 Å². The van der Waals surface area contributed by atoms with Crippen LogP contribution >= 0.6 is 15.9 Å². The SMILES string of the molecule is CN(C)S(=O)(=O)c1ccc(COC(=O)CCCOc2cccc(Br)c2)o1. The second-order valence-corrected chi connectivity index (χ2v) is 8.58. The average molecular weight is 446 g/mol. The first kappa shape index (κ1) is 20.5. The number of furan rings is 1. The number of nitrogens with zero attached hydrogens (tertiary/aromatic N) is 1. The van der Waals surface area contributed by atoms with E-state index in [9.17, 15) is 13.2 Å². The molecule has 0 bridgehead atoms. The van der Waals surface area contributed by atoms with Gasteiger partial charge in [-0.2, -0.15) is 0 Å². The molecule has 1 heterocycles. The molecule has 0 saturated heterocycles. The van der Waals surface area contributed by atoms with Gasteiger partial charge in [0.1, 0.15) is 18.1 Å². The first-order valence-corrected chi connectivity index (χ1v) is 10.1. The van der Waals surface area contributed by atoms with Crippen molar-refractivity contribution in [3.63, 3.8) is 0 Å². The Morgan fingerprint density at radius 1 is 1.23 bits per heavy atom. The van der Waals surface area contributed by atoms with E-state index in [1.165, 1.54) is 26.2 Å². The average Bonchev–Trinajstić information content (AvgIpc) is 3.06. The summed E-state index contributed by atoms with van der Waals surface area (Å²) in [5, 5.41) is -0.184. The number of carbonyl (C=O) groups is 1. The minimum Gasteiger partial charge on any atom is -0.494 e. The highest BCUT2D eigenvalue weighted by molar-refractivity contribution is 9.10. The van der Waals surface area contributed by atoms with Crippen LogP contribution in [0.1, 0.15) is 18.6 Å². The summed E-state index contributed by atoms with van der Waals surface area (Å²) >= 11 is 3.36. The number of hydrogen-bond acceptors (Lipinski definition) is 6. The Bertz CT molecular complexity index is 846. The molecule has 0 aliphatic rings. The van der Waals surface area contributed by atoms with Crippen molar-refractivity contribution in [1.82, 2.24) is 4.31 Å². The highest BCUT2D eigenvalue weighted by Gasteiger charge is 2.21. The molecule has 0 N–H and O–H groups in total. The molecule has 1 aromatic carbocycles. The lowest BCUT2D eigenvalue weighted by Crippen LogP contribution is -2.21. The second-order valence-electron chi connectivity index (χ2n) is 5.58. The molecule has 26 heavy (non-hydrogen) atoms. The van der Waals surface area contributed by atoms with Gasteiger partial charge in [-0.1, -0.05) is 22.0 Å². The van der Waals surface area contributed by atoms with Crippen LogP contribution in [0.25, 0.3) is 0 Å². The standard InChI is InChI=1S/C17H20BrNO6S/c1-19(2)26(21,22)17-9-8-15(25-17)12-24-16(20)7-4-10-23-14-6-3-5-13(18)11-14/h3,5-6,8-9,11H,4,7,10,12H2,1-2H3. The summed E-state index contributed by atoms with van der Waals surface area (Å²) in [6, 6.07) is 10.2. The number of esters is 1. The van der Waals surface area contributed by atoms with Crippen LogP contribution in [-0.2, 0) is 26.2 Å². The van der Waals surface area contributed by atoms with Gasteiger partial charge in [-0.05, 0) is 36.8 Å². The third kappa shape index (κ3) is 5.86. The van der Waals surface area contributed by atoms with Gasteiger partial charge in [-0.25, -0.2) is 12.7 Å². The Balaban J connectivity index is 1.71. The Kier molecular flexibility index (Phi) is 7.24. The summed E-state index contributed by atoms with van der Waals surface area (Å²) in [7, 11) is -0.814. The molecule has 142 valence electrons. The smallest absolute Gasteiger partial charge is 0.306 e. The molecule has 0 aliphatic heterocycles. The van der Waals surface area contributed by atoms with Gasteiger partial charge in [0.2, 0.25) is 5.09 Å². The van der Waals surface area contributed by atoms with Gasteiger partial charge < -0.3 is 13.9 Å². The summed E-state index contributed by atoms with van der Waals surface area (Å²) in [4.78, 5) is 11.7. The second kappa shape index (κ2) is 9.20. The molecule has 0 unspecified atom stereocenters. The van der Waals surface area contributed by atoms with Gasteiger partial charge in [-0.3, -0.25) is 4.79 Å². The van der Waals surface area contributed by atoms with Crippen molar-refractivity contribution >= 4 is 31.9 Å². The molecule has 0 spiro atoms. The lowest BCUT2D eigenvalue weighted by atomic mass is 10.3. The summed E-state index contributed by atoms with van der Waals surface area (Å²) in [6.07, 6.45) is 0.696. The molecule has 0 aliphatic carbocycles. The van der Waals surface area contributed by atoms with E-state index in [4.69, 9.17) is 13.9 Å². The topological polar surface area (TPSA) is 86.0 Å². The van der Waals surface area contributed by atoms with Crippen molar-refractivity contribution < 1.29 is 27.1 Å². The van der Waals surface area contributed by atoms with Crippen molar-refractivity contribution in [1.29, 1.82) is 0 Å². The molecule has 0 atom stereocenters. The maximum absolute atomic E-state index is 11.9. The van der Waals surface area contributed by atoms with E-state index in [-0.39, 0.29) is 23.9 Å². The van der Waals surface area contributed by atoms with Gasteiger partial charge in [0.05, 0.1) is 6.61 Å². The van der Waals surface area contributed by atoms with Crippen LogP contribution in [0, 0.1) is 0 Å². The fourth-order valence-electron chi connectivity index (χ4n) is 1.94. The van der Waals surface area contributed by atoms with Gasteiger partial charge in [-0.15, -0.1) is 0 Å². The number of halogens is 1. The highest BCUT2D eigenvalue weighted by Crippen LogP contribution is 2.19. The minimum atomic E-state index is -3.64. The number of benzene rings is 1. The van der Waals surface area contributed by atoms with E-state index in [0.717, 1.165) is 14.5 Å². The molecule has 2 rings (SSSR count). The van der Waals surface area contributed by atoms with Crippen molar-refractivity contribution in [2.75, 3.05) is 20.7 Å². The van der Waals surface area contributed by atoms with Crippen molar-refractivity contribution in [2.24, 2.45) is 0 Å². The maximum atomic E-state index is 11.9. The molecule has 0 fully saturated rings. The Labute approximate surface area is 161 Å². The lowest BCUT2D eigenvalue weighted by molar-refractivity contribution is -0.145. The van der Waals surface area contributed by atoms with E-state index in [1.54, 1.807) is 0 Å². The van der Waals surface area contributed by atoms with E-state index < -0.39 is 16.0 Å². The third-order valence-electron chi connectivity index (χ3n) is 3.34. The number of ether oxygens (including phenoxy) is 2. The highest BCUT2D eigenvalue weighted by atomic mass is 79.9. The van der Waals surface area contributed by atoms with Crippen LogP contribution in [0.3, 0.4) is 0 Å². The summed E-state index contributed by atoms with van der Waals surface area (Å²) < 4.78 is 41.6. The zero-order chi connectivity index (χ0) is 19.2. The number of carbonyl (C=O) groups excluding carboxylic acids is 1. The monoisotopic (exact) mass is 445 g/mol.